The molecule has 15 heavy (non-hydrogen) atoms. The molecule has 1 aliphatic rings. The third-order valence-electron chi connectivity index (χ3n) is 2.45. The van der Waals surface area contributed by atoms with E-state index < -0.39 is 7.05 Å². The van der Waals surface area contributed by atoms with Crippen molar-refractivity contribution in [2.24, 2.45) is 0 Å². The van der Waals surface area contributed by atoms with Crippen molar-refractivity contribution in [1.82, 2.24) is 4.81 Å². The van der Waals surface area contributed by atoms with Crippen LogP contribution in [-0.4, -0.2) is 55.3 Å². The zero-order chi connectivity index (χ0) is 11.3. The second-order valence-electron chi connectivity index (χ2n) is 3.68. The quantitative estimate of drug-likeness (QED) is 0.376. The van der Waals surface area contributed by atoms with Crippen molar-refractivity contribution in [3.63, 3.8) is 0 Å². The van der Waals surface area contributed by atoms with Gasteiger partial charge in [-0.05, 0) is 13.7 Å². The Kier molecular flexibility index (Phi) is 5.24. The number of Topliss-reactive ketones (excluding diaryl/α,β-unsaturated/α-hetero) is 1. The molecule has 0 radical (unpaired) electrons. The zero-order valence-corrected chi connectivity index (χ0v) is 9.31. The van der Waals surface area contributed by atoms with Crippen molar-refractivity contribution in [1.29, 1.82) is 0 Å². The number of carbonyl (C=O) groups excluding carboxylic acids is 1. The summed E-state index contributed by atoms with van der Waals surface area (Å²) in [6, 6.07) is -0.0158. The van der Waals surface area contributed by atoms with E-state index in [0.29, 0.717) is 26.2 Å². The molecule has 1 atom stereocenters. The van der Waals surface area contributed by atoms with Gasteiger partial charge in [0, 0.05) is 25.6 Å². The Hall–Kier alpha value is -0.425. The molecule has 0 aromatic carbocycles. The molecule has 5 nitrogen and oxygen atoms in total. The maximum Gasteiger partial charge on any atom is 0.377 e. The molecule has 0 aromatic rings. The van der Waals surface area contributed by atoms with Gasteiger partial charge >= 0.3 is 7.05 Å². The Balaban J connectivity index is 2.29. The van der Waals surface area contributed by atoms with Crippen molar-refractivity contribution in [2.75, 3.05) is 26.6 Å². The first-order chi connectivity index (χ1) is 7.15. The van der Waals surface area contributed by atoms with Crippen molar-refractivity contribution in [2.45, 2.75) is 26.2 Å². The van der Waals surface area contributed by atoms with Gasteiger partial charge in [0.15, 0.2) is 0 Å². The first-order valence-electron chi connectivity index (χ1n) is 5.26. The topological polar surface area (TPSA) is 59.0 Å². The van der Waals surface area contributed by atoms with E-state index in [0.717, 1.165) is 0 Å². The van der Waals surface area contributed by atoms with Crippen LogP contribution in [0.25, 0.3) is 0 Å². The summed E-state index contributed by atoms with van der Waals surface area (Å²) in [6.45, 7) is 5.16. The molecular formula is C9H18BNO4. The summed E-state index contributed by atoms with van der Waals surface area (Å²) < 4.78 is 10.3. The van der Waals surface area contributed by atoms with E-state index in [4.69, 9.17) is 9.47 Å². The van der Waals surface area contributed by atoms with Crippen LogP contribution in [0.1, 0.15) is 13.3 Å². The Bertz CT molecular complexity index is 212. The van der Waals surface area contributed by atoms with Gasteiger partial charge in [-0.15, -0.1) is 0 Å². The maximum absolute atomic E-state index is 11.2. The molecule has 6 heteroatoms. The van der Waals surface area contributed by atoms with Crippen LogP contribution < -0.4 is 0 Å². The third-order valence-corrected chi connectivity index (χ3v) is 2.45. The Morgan fingerprint density at radius 3 is 2.93 bits per heavy atom. The summed E-state index contributed by atoms with van der Waals surface area (Å²) >= 11 is 0. The van der Waals surface area contributed by atoms with E-state index >= 15 is 0 Å². The van der Waals surface area contributed by atoms with E-state index in [9.17, 15) is 9.82 Å². The third kappa shape index (κ3) is 3.91. The lowest BCUT2D eigenvalue weighted by molar-refractivity contribution is -0.116. The Morgan fingerprint density at radius 1 is 1.60 bits per heavy atom. The summed E-state index contributed by atoms with van der Waals surface area (Å²) in [5.41, 5.74) is 0. The minimum absolute atomic E-state index is 0.0158. The van der Waals surface area contributed by atoms with E-state index in [1.807, 2.05) is 6.92 Å². The zero-order valence-electron chi connectivity index (χ0n) is 9.31. The molecule has 86 valence electrons. The molecule has 0 spiro atoms. The predicted molar refractivity (Wildman–Crippen MR) is 56.4 cm³/mol. The Morgan fingerprint density at radius 2 is 2.33 bits per heavy atom. The second-order valence-corrected chi connectivity index (χ2v) is 3.68. The number of nitrogens with zero attached hydrogens (tertiary/aromatic N) is 1. The summed E-state index contributed by atoms with van der Waals surface area (Å²) in [5, 5.41) is 9.43. The van der Waals surface area contributed by atoms with Crippen LogP contribution >= 0.6 is 0 Å². The second kappa shape index (κ2) is 6.22. The fourth-order valence-corrected chi connectivity index (χ4v) is 1.70. The average Bonchev–Trinajstić information content (AvgIpc) is 2.55. The van der Waals surface area contributed by atoms with Crippen molar-refractivity contribution in [3.8, 4) is 0 Å². The lowest BCUT2D eigenvalue weighted by Crippen LogP contribution is -2.43. The molecule has 0 bridgehead atoms. The van der Waals surface area contributed by atoms with Crippen molar-refractivity contribution < 1.29 is 19.3 Å². The molecule has 0 amide bonds. The molecule has 0 aromatic heterocycles. The first-order valence-corrected chi connectivity index (χ1v) is 5.26. The molecule has 0 unspecified atom stereocenters. The molecule has 1 fully saturated rings. The highest BCUT2D eigenvalue weighted by Crippen LogP contribution is 2.15. The minimum atomic E-state index is -0.600. The number of ether oxygens (including phenoxy) is 2. The van der Waals surface area contributed by atoms with Gasteiger partial charge in [-0.2, -0.15) is 0 Å². The highest BCUT2D eigenvalue weighted by molar-refractivity contribution is 6.46. The van der Waals surface area contributed by atoms with Gasteiger partial charge in [0.2, 0.25) is 0 Å². The van der Waals surface area contributed by atoms with Gasteiger partial charge in [0.25, 0.3) is 0 Å². The summed E-state index contributed by atoms with van der Waals surface area (Å²) in [6.07, 6.45) is 0.455. The van der Waals surface area contributed by atoms with Crippen LogP contribution in [0.4, 0.5) is 0 Å². The lowest BCUT2D eigenvalue weighted by atomic mass is 9.84. The number of ketones is 1. The van der Waals surface area contributed by atoms with E-state index in [2.05, 4.69) is 0 Å². The molecule has 1 aliphatic heterocycles. The summed E-state index contributed by atoms with van der Waals surface area (Å²) in [5.74, 6) is 0.154. The Labute approximate surface area is 90.5 Å². The first kappa shape index (κ1) is 12.6. The summed E-state index contributed by atoms with van der Waals surface area (Å²) in [7, 11) is -0.600. The minimum Gasteiger partial charge on any atom is -0.437 e. The average molecular weight is 215 g/mol. The molecular weight excluding hydrogens is 197 g/mol. The van der Waals surface area contributed by atoms with Crippen LogP contribution in [0.2, 0.25) is 6.82 Å². The van der Waals surface area contributed by atoms with Crippen LogP contribution in [0.5, 0.6) is 0 Å². The largest absolute Gasteiger partial charge is 0.437 e. The van der Waals surface area contributed by atoms with Crippen LogP contribution in [0.15, 0.2) is 0 Å². The highest BCUT2D eigenvalue weighted by Gasteiger charge is 2.34. The fourth-order valence-electron chi connectivity index (χ4n) is 1.70. The lowest BCUT2D eigenvalue weighted by Gasteiger charge is -2.23. The van der Waals surface area contributed by atoms with Crippen molar-refractivity contribution in [3.05, 3.63) is 0 Å². The van der Waals surface area contributed by atoms with Crippen molar-refractivity contribution >= 4 is 12.8 Å². The maximum atomic E-state index is 11.2. The molecule has 1 saturated heterocycles. The fraction of sp³-hybridized carbons (Fsp3) is 0.889. The predicted octanol–water partition coefficient (Wildman–Crippen LogP) is -0.249. The molecule has 1 rings (SSSR count). The number of hydrogen-bond acceptors (Lipinski definition) is 5. The number of hydrogen-bond donors (Lipinski definition) is 1. The van der Waals surface area contributed by atoms with E-state index in [1.165, 1.54) is 0 Å². The highest BCUT2D eigenvalue weighted by atomic mass is 16.7. The van der Waals surface area contributed by atoms with Crippen LogP contribution in [-0.2, 0) is 14.3 Å². The van der Waals surface area contributed by atoms with Gasteiger partial charge in [-0.1, -0.05) is 0 Å². The van der Waals surface area contributed by atoms with Gasteiger partial charge < -0.3 is 19.3 Å². The molecule has 0 saturated carbocycles. The standard InChI is InChI=1S/C9H18BNO4/c1-3-14-7-15-6-8-4-9(12)5-11(8)10(2)13/h8,13H,3-7H2,1-2H3/t8-/m0/s1. The van der Waals surface area contributed by atoms with E-state index in [-0.39, 0.29) is 18.6 Å². The monoisotopic (exact) mass is 215 g/mol. The van der Waals surface area contributed by atoms with E-state index in [1.54, 1.807) is 11.6 Å². The van der Waals surface area contributed by atoms with Gasteiger partial charge in [-0.3, -0.25) is 4.79 Å². The molecule has 0 aliphatic carbocycles. The van der Waals surface area contributed by atoms with Crippen LogP contribution in [0.3, 0.4) is 0 Å². The van der Waals surface area contributed by atoms with Gasteiger partial charge in [-0.25, -0.2) is 0 Å². The summed E-state index contributed by atoms with van der Waals surface area (Å²) in [4.78, 5) is 13.0. The smallest absolute Gasteiger partial charge is 0.377 e. The van der Waals surface area contributed by atoms with Gasteiger partial charge in [0.05, 0.1) is 6.61 Å². The van der Waals surface area contributed by atoms with Gasteiger partial charge in [0.1, 0.15) is 12.6 Å². The van der Waals surface area contributed by atoms with Crippen LogP contribution in [0, 0.1) is 0 Å². The SMILES string of the molecule is CCOCOC[C@@H]1CC(=O)CN1B(C)O. The molecule has 1 heterocycles. The number of rotatable bonds is 6. The molecule has 1 N–H and O–H groups in total. The number of carbonyl (C=O) groups is 1. The normalized spacial score (nSPS) is 22.3.